The fourth-order valence-electron chi connectivity index (χ4n) is 2.87. The van der Waals surface area contributed by atoms with Crippen molar-refractivity contribution in [2.75, 3.05) is 18.5 Å². The normalized spacial score (nSPS) is 10.4. The van der Waals surface area contributed by atoms with E-state index in [0.29, 0.717) is 29.4 Å². The Morgan fingerprint density at radius 2 is 1.55 bits per heavy atom. The van der Waals surface area contributed by atoms with E-state index in [9.17, 15) is 9.59 Å². The lowest BCUT2D eigenvalue weighted by molar-refractivity contribution is -0.137. The number of carbonyl (C=O) groups excluding carboxylic acids is 1. The number of aliphatic hydroxyl groups is 1. The second kappa shape index (κ2) is 10.8. The molecule has 31 heavy (non-hydrogen) atoms. The van der Waals surface area contributed by atoms with Crippen LogP contribution in [0.3, 0.4) is 0 Å². The summed E-state index contributed by atoms with van der Waals surface area (Å²) < 4.78 is 11.6. The average Bonchev–Trinajstić information content (AvgIpc) is 2.79. The monoisotopic (exact) mass is 421 g/mol. The molecule has 3 N–H and O–H groups in total. The molecule has 3 aromatic carbocycles. The summed E-state index contributed by atoms with van der Waals surface area (Å²) in [6.45, 7) is -0.506. The van der Waals surface area contributed by atoms with Gasteiger partial charge < -0.3 is 25.0 Å². The van der Waals surface area contributed by atoms with Crippen LogP contribution in [0.25, 0.3) is 11.1 Å². The van der Waals surface area contributed by atoms with Crippen LogP contribution in [0.1, 0.15) is 12.8 Å². The van der Waals surface area contributed by atoms with E-state index in [1.165, 1.54) is 0 Å². The number of benzene rings is 3. The van der Waals surface area contributed by atoms with Crippen molar-refractivity contribution in [3.63, 3.8) is 0 Å². The summed E-state index contributed by atoms with van der Waals surface area (Å²) in [5.74, 6) is -0.0501. The second-order valence-electron chi connectivity index (χ2n) is 6.70. The zero-order chi connectivity index (χ0) is 22.1. The number of anilines is 1. The minimum atomic E-state index is -0.909. The van der Waals surface area contributed by atoms with Crippen molar-refractivity contribution >= 4 is 17.6 Å². The van der Waals surface area contributed by atoms with Gasteiger partial charge in [-0.05, 0) is 41.8 Å². The van der Waals surface area contributed by atoms with Crippen molar-refractivity contribution in [1.29, 1.82) is 0 Å². The van der Waals surface area contributed by atoms with Gasteiger partial charge in [-0.25, -0.2) is 0 Å². The molecule has 7 nitrogen and oxygen atoms in total. The largest absolute Gasteiger partial charge is 0.491 e. The lowest BCUT2D eigenvalue weighted by Gasteiger charge is -2.14. The molecule has 0 radical (unpaired) electrons. The van der Waals surface area contributed by atoms with Crippen molar-refractivity contribution in [3.05, 3.63) is 72.8 Å². The number of hydrogen-bond acceptors (Lipinski definition) is 5. The zero-order valence-electron chi connectivity index (χ0n) is 16.8. The van der Waals surface area contributed by atoms with Crippen molar-refractivity contribution in [3.8, 4) is 28.4 Å². The Morgan fingerprint density at radius 1 is 0.871 bits per heavy atom. The third-order valence-electron chi connectivity index (χ3n) is 4.36. The van der Waals surface area contributed by atoms with Gasteiger partial charge in [-0.2, -0.15) is 0 Å². The molecule has 0 saturated carbocycles. The van der Waals surface area contributed by atoms with Gasteiger partial charge in [-0.15, -0.1) is 0 Å². The van der Waals surface area contributed by atoms with Crippen LogP contribution in [-0.2, 0) is 9.59 Å². The number of carbonyl (C=O) groups is 2. The number of nitrogens with one attached hydrogen (secondary N) is 1. The minimum Gasteiger partial charge on any atom is -0.491 e. The highest BCUT2D eigenvalue weighted by Gasteiger charge is 2.11. The Hall–Kier alpha value is -3.84. The summed E-state index contributed by atoms with van der Waals surface area (Å²) >= 11 is 0. The third kappa shape index (κ3) is 6.58. The molecule has 7 heteroatoms. The maximum Gasteiger partial charge on any atom is 0.303 e. The molecule has 0 unspecified atom stereocenters. The summed E-state index contributed by atoms with van der Waals surface area (Å²) in [5.41, 5.74) is 2.54. The molecule has 0 atom stereocenters. The lowest BCUT2D eigenvalue weighted by Crippen LogP contribution is -2.16. The molecule has 0 aromatic heterocycles. The third-order valence-corrected chi connectivity index (χ3v) is 4.36. The number of aliphatic carboxylic acids is 1. The molecule has 0 fully saturated rings. The number of ether oxygens (including phenoxy) is 2. The van der Waals surface area contributed by atoms with Crippen molar-refractivity contribution in [2.24, 2.45) is 0 Å². The van der Waals surface area contributed by atoms with Gasteiger partial charge in [0.1, 0.15) is 23.9 Å². The highest BCUT2D eigenvalue weighted by atomic mass is 16.5. The fraction of sp³-hybridized carbons (Fsp3) is 0.167. The molecule has 0 saturated heterocycles. The maximum absolute atomic E-state index is 11.6. The Kier molecular flexibility index (Phi) is 7.61. The molecule has 160 valence electrons. The van der Waals surface area contributed by atoms with Gasteiger partial charge in [0.05, 0.1) is 12.3 Å². The van der Waals surface area contributed by atoms with Gasteiger partial charge in [-0.3, -0.25) is 9.59 Å². The van der Waals surface area contributed by atoms with Crippen LogP contribution < -0.4 is 14.8 Å². The van der Waals surface area contributed by atoms with Gasteiger partial charge >= 0.3 is 5.97 Å². The Balaban J connectivity index is 1.73. The summed E-state index contributed by atoms with van der Waals surface area (Å²) in [7, 11) is 0. The lowest BCUT2D eigenvalue weighted by atomic mass is 10.1. The zero-order valence-corrected chi connectivity index (χ0v) is 16.8. The van der Waals surface area contributed by atoms with E-state index in [4.69, 9.17) is 19.7 Å². The first-order valence-electron chi connectivity index (χ1n) is 9.78. The topological polar surface area (TPSA) is 105 Å². The molecule has 3 aromatic rings. The number of carboxylic acid groups (broad SMARTS) is 1. The van der Waals surface area contributed by atoms with Gasteiger partial charge in [0.25, 0.3) is 0 Å². The van der Waals surface area contributed by atoms with E-state index < -0.39 is 18.5 Å². The van der Waals surface area contributed by atoms with Crippen LogP contribution in [-0.4, -0.2) is 35.3 Å². The van der Waals surface area contributed by atoms with Crippen LogP contribution in [0.4, 0.5) is 5.69 Å². The molecule has 0 aliphatic carbocycles. The average molecular weight is 421 g/mol. The van der Waals surface area contributed by atoms with E-state index in [0.717, 1.165) is 11.1 Å². The predicted octanol–water partition coefficient (Wildman–Crippen LogP) is 4.32. The van der Waals surface area contributed by atoms with E-state index in [1.807, 2.05) is 54.6 Å². The summed E-state index contributed by atoms with van der Waals surface area (Å²) in [5, 5.41) is 20.3. The van der Waals surface area contributed by atoms with Gasteiger partial charge in [-0.1, -0.05) is 42.5 Å². The van der Waals surface area contributed by atoms with E-state index in [-0.39, 0.29) is 13.0 Å². The maximum atomic E-state index is 11.6. The van der Waals surface area contributed by atoms with Crippen LogP contribution in [0, 0.1) is 0 Å². The highest BCUT2D eigenvalue weighted by molar-refractivity contribution is 5.93. The number of rotatable bonds is 10. The summed E-state index contributed by atoms with van der Waals surface area (Å²) in [6, 6.07) is 22.5. The van der Waals surface area contributed by atoms with Crippen LogP contribution in [0.15, 0.2) is 72.8 Å². The fourth-order valence-corrected chi connectivity index (χ4v) is 2.87. The van der Waals surface area contributed by atoms with E-state index in [2.05, 4.69) is 5.32 Å². The molecule has 0 spiro atoms. The van der Waals surface area contributed by atoms with E-state index in [1.54, 1.807) is 18.2 Å². The van der Waals surface area contributed by atoms with Crippen LogP contribution >= 0.6 is 0 Å². The van der Waals surface area contributed by atoms with Gasteiger partial charge in [0, 0.05) is 12.5 Å². The number of carboxylic acids is 1. The molecule has 3 rings (SSSR count). The first-order valence-corrected chi connectivity index (χ1v) is 9.78. The Morgan fingerprint density at radius 3 is 2.23 bits per heavy atom. The standard InChI is InChI=1S/C24H23NO6/c26-16-23(27)25-21-13-12-20(15-22(21)30-14-4-7-24(28)29)31-19-10-8-18(9-11-19)17-5-2-1-3-6-17/h1-3,5-6,8-13,15,26H,4,7,14,16H2,(H,25,27)(H,28,29). The van der Waals surface area contributed by atoms with Gasteiger partial charge in [0.15, 0.2) is 0 Å². The molecule has 0 heterocycles. The molecule has 0 aliphatic rings. The van der Waals surface area contributed by atoms with E-state index >= 15 is 0 Å². The Bertz CT molecular complexity index is 1020. The SMILES string of the molecule is O=C(O)CCCOc1cc(Oc2ccc(-c3ccccc3)cc2)ccc1NC(=O)CO. The molecular formula is C24H23NO6. The first-order chi connectivity index (χ1) is 15.0. The summed E-state index contributed by atoms with van der Waals surface area (Å²) in [4.78, 5) is 22.2. The van der Waals surface area contributed by atoms with Gasteiger partial charge in [0.2, 0.25) is 5.91 Å². The predicted molar refractivity (Wildman–Crippen MR) is 116 cm³/mol. The van der Waals surface area contributed by atoms with Crippen molar-refractivity contribution < 1.29 is 29.3 Å². The van der Waals surface area contributed by atoms with Crippen LogP contribution in [0.5, 0.6) is 17.2 Å². The van der Waals surface area contributed by atoms with Crippen molar-refractivity contribution in [1.82, 2.24) is 0 Å². The first kappa shape index (κ1) is 21.9. The quantitative estimate of drug-likeness (QED) is 0.421. The van der Waals surface area contributed by atoms with Crippen molar-refractivity contribution in [2.45, 2.75) is 12.8 Å². The minimum absolute atomic E-state index is 0.0255. The Labute approximate surface area is 179 Å². The smallest absolute Gasteiger partial charge is 0.303 e. The highest BCUT2D eigenvalue weighted by Crippen LogP contribution is 2.33. The van der Waals surface area contributed by atoms with Crippen LogP contribution in [0.2, 0.25) is 0 Å². The summed E-state index contributed by atoms with van der Waals surface area (Å²) in [6.07, 6.45) is 0.289. The number of hydrogen-bond donors (Lipinski definition) is 3. The number of amides is 1. The molecule has 0 bridgehead atoms. The molecule has 0 aliphatic heterocycles. The number of aliphatic hydroxyl groups excluding tert-OH is 1. The molecular weight excluding hydrogens is 398 g/mol. The molecule has 1 amide bonds. The second-order valence-corrected chi connectivity index (χ2v) is 6.70.